The maximum absolute atomic E-state index is 11.4. The van der Waals surface area contributed by atoms with Gasteiger partial charge in [0.25, 0.3) is 0 Å². The summed E-state index contributed by atoms with van der Waals surface area (Å²) < 4.78 is 31.4. The van der Waals surface area contributed by atoms with Crippen molar-refractivity contribution in [2.45, 2.75) is 50.7 Å². The summed E-state index contributed by atoms with van der Waals surface area (Å²) in [7, 11) is 4.16. The second-order valence-corrected chi connectivity index (χ2v) is 5.04. The number of esters is 2. The number of aliphatic hydroxyl groups is 1. The van der Waals surface area contributed by atoms with Crippen molar-refractivity contribution in [2.75, 3.05) is 27.9 Å². The van der Waals surface area contributed by atoms with Crippen molar-refractivity contribution in [3.8, 4) is 0 Å². The maximum atomic E-state index is 11.4. The predicted molar refractivity (Wildman–Crippen MR) is 75.5 cm³/mol. The van der Waals surface area contributed by atoms with Gasteiger partial charge in [-0.15, -0.1) is 0 Å². The smallest absolute Gasteiger partial charge is 0.303 e. The molecule has 1 unspecified atom stereocenters. The molecule has 0 aromatic heterocycles. The average Bonchev–Trinajstić information content (AvgIpc) is 2.48. The molecule has 9 nitrogen and oxygen atoms in total. The van der Waals surface area contributed by atoms with Gasteiger partial charge < -0.3 is 33.5 Å². The van der Waals surface area contributed by atoms with Gasteiger partial charge in [0.1, 0.15) is 31.0 Å². The lowest BCUT2D eigenvalue weighted by Crippen LogP contribution is -2.63. The summed E-state index contributed by atoms with van der Waals surface area (Å²) in [5.41, 5.74) is 0. The van der Waals surface area contributed by atoms with Gasteiger partial charge in [-0.2, -0.15) is 0 Å². The van der Waals surface area contributed by atoms with E-state index in [0.717, 1.165) is 0 Å². The number of methoxy groups -OCH3 is 3. The van der Waals surface area contributed by atoms with E-state index in [0.29, 0.717) is 0 Å². The van der Waals surface area contributed by atoms with Crippen molar-refractivity contribution < 1.29 is 43.1 Å². The molecule has 1 N–H and O–H groups in total. The predicted octanol–water partition coefficient (Wildman–Crippen LogP) is -0.757. The van der Waals surface area contributed by atoms with Crippen LogP contribution in [-0.2, 0) is 38.0 Å². The van der Waals surface area contributed by atoms with E-state index in [9.17, 15) is 14.7 Å². The molecule has 0 aromatic rings. The number of rotatable bonds is 7. The Balaban J connectivity index is 3.03. The molecule has 23 heavy (non-hydrogen) atoms. The lowest BCUT2D eigenvalue weighted by Gasteiger charge is -2.44. The molecule has 9 heteroatoms. The summed E-state index contributed by atoms with van der Waals surface area (Å²) in [6.07, 6.45) is -5.55. The second kappa shape index (κ2) is 9.14. The first kappa shape index (κ1) is 19.8. The van der Waals surface area contributed by atoms with Gasteiger partial charge in [0, 0.05) is 35.2 Å². The third-order valence-corrected chi connectivity index (χ3v) is 3.52. The fourth-order valence-electron chi connectivity index (χ4n) is 2.49. The Morgan fingerprint density at radius 2 is 1.65 bits per heavy atom. The van der Waals surface area contributed by atoms with Crippen LogP contribution in [-0.4, -0.2) is 81.8 Å². The van der Waals surface area contributed by atoms with Crippen LogP contribution in [0.25, 0.3) is 0 Å². The van der Waals surface area contributed by atoms with Gasteiger partial charge in [-0.25, -0.2) is 0 Å². The van der Waals surface area contributed by atoms with E-state index in [4.69, 9.17) is 28.4 Å². The van der Waals surface area contributed by atoms with E-state index < -0.39 is 48.7 Å². The quantitative estimate of drug-likeness (QED) is 0.600. The normalized spacial score (nSPS) is 32.2. The monoisotopic (exact) mass is 336 g/mol. The fraction of sp³-hybridized carbons (Fsp3) is 0.857. The molecule has 0 radical (unpaired) electrons. The van der Waals surface area contributed by atoms with Crippen molar-refractivity contribution in [3.05, 3.63) is 0 Å². The van der Waals surface area contributed by atoms with E-state index in [1.54, 1.807) is 0 Å². The van der Waals surface area contributed by atoms with Crippen molar-refractivity contribution in [2.24, 2.45) is 0 Å². The summed E-state index contributed by atoms with van der Waals surface area (Å²) in [5.74, 6) is -1.05. The molecule has 0 aromatic carbocycles. The van der Waals surface area contributed by atoms with E-state index >= 15 is 0 Å². The maximum Gasteiger partial charge on any atom is 0.303 e. The minimum atomic E-state index is -1.32. The largest absolute Gasteiger partial charge is 0.463 e. The Kier molecular flexibility index (Phi) is 7.86. The summed E-state index contributed by atoms with van der Waals surface area (Å²) in [4.78, 5) is 22.4. The first-order valence-electron chi connectivity index (χ1n) is 7.08. The number of ether oxygens (including phenoxy) is 6. The molecule has 0 amide bonds. The van der Waals surface area contributed by atoms with Crippen LogP contribution in [0, 0.1) is 0 Å². The summed E-state index contributed by atoms with van der Waals surface area (Å²) in [6, 6.07) is 0. The zero-order chi connectivity index (χ0) is 17.6. The first-order valence-corrected chi connectivity index (χ1v) is 7.08. The number of carbonyl (C=O) groups excluding carboxylic acids is 2. The third kappa shape index (κ3) is 5.11. The van der Waals surface area contributed by atoms with Crippen LogP contribution in [0.3, 0.4) is 0 Å². The van der Waals surface area contributed by atoms with Crippen LogP contribution in [0.5, 0.6) is 0 Å². The zero-order valence-corrected chi connectivity index (χ0v) is 13.9. The topological polar surface area (TPSA) is 110 Å². The Hall–Kier alpha value is -1.26. The minimum Gasteiger partial charge on any atom is -0.463 e. The van der Waals surface area contributed by atoms with Crippen molar-refractivity contribution in [1.29, 1.82) is 0 Å². The van der Waals surface area contributed by atoms with Crippen LogP contribution in [0.1, 0.15) is 13.8 Å². The SMILES string of the molecule is CO[C@H]1[C@H](OC(C)=O)[C@@H]([C@@H](COC(C)=O)OC)OC(O)[C@@H]1OC. The number of hydrogen-bond donors (Lipinski definition) is 1. The molecule has 1 aliphatic rings. The van der Waals surface area contributed by atoms with Gasteiger partial charge in [0.05, 0.1) is 0 Å². The van der Waals surface area contributed by atoms with Gasteiger partial charge in [0.2, 0.25) is 0 Å². The molecule has 0 saturated carbocycles. The van der Waals surface area contributed by atoms with E-state index in [2.05, 4.69) is 0 Å². The highest BCUT2D eigenvalue weighted by atomic mass is 16.7. The zero-order valence-electron chi connectivity index (χ0n) is 13.9. The van der Waals surface area contributed by atoms with Crippen LogP contribution >= 0.6 is 0 Å². The standard InChI is InChI=1S/C14H24O9/c1-7(15)21-6-9(18-3)10-12(22-8(2)16)11(19-4)13(20-5)14(17)23-10/h9-14,17H,6H2,1-5H3/t9-,10-,11+,12-,13-,14?/m1/s1. The van der Waals surface area contributed by atoms with Crippen LogP contribution < -0.4 is 0 Å². The molecule has 0 aliphatic carbocycles. The number of hydrogen-bond acceptors (Lipinski definition) is 9. The summed E-state index contributed by atoms with van der Waals surface area (Å²) in [6.45, 7) is 2.37. The van der Waals surface area contributed by atoms with E-state index in [1.165, 1.54) is 35.2 Å². The average molecular weight is 336 g/mol. The lowest BCUT2D eigenvalue weighted by atomic mass is 9.94. The Morgan fingerprint density at radius 1 is 1.04 bits per heavy atom. The van der Waals surface area contributed by atoms with Gasteiger partial charge in [0.15, 0.2) is 12.4 Å². The molecule has 134 valence electrons. The van der Waals surface area contributed by atoms with E-state index in [-0.39, 0.29) is 6.61 Å². The summed E-state index contributed by atoms with van der Waals surface area (Å²) in [5, 5.41) is 10.1. The van der Waals surface area contributed by atoms with Crippen molar-refractivity contribution in [1.82, 2.24) is 0 Å². The highest BCUT2D eigenvalue weighted by molar-refractivity contribution is 5.66. The van der Waals surface area contributed by atoms with Crippen LogP contribution in [0.15, 0.2) is 0 Å². The van der Waals surface area contributed by atoms with E-state index in [1.807, 2.05) is 0 Å². The van der Waals surface area contributed by atoms with Crippen molar-refractivity contribution in [3.63, 3.8) is 0 Å². The van der Waals surface area contributed by atoms with Crippen LogP contribution in [0.2, 0.25) is 0 Å². The molecule has 1 aliphatic heterocycles. The van der Waals surface area contributed by atoms with Gasteiger partial charge >= 0.3 is 11.9 Å². The van der Waals surface area contributed by atoms with Crippen LogP contribution in [0.4, 0.5) is 0 Å². The highest BCUT2D eigenvalue weighted by Crippen LogP contribution is 2.29. The lowest BCUT2D eigenvalue weighted by molar-refractivity contribution is -0.310. The molecule has 0 spiro atoms. The Bertz CT molecular complexity index is 400. The summed E-state index contributed by atoms with van der Waals surface area (Å²) >= 11 is 0. The number of carbonyl (C=O) groups is 2. The van der Waals surface area contributed by atoms with Gasteiger partial charge in [-0.05, 0) is 0 Å². The molecule has 6 atom stereocenters. The Morgan fingerprint density at radius 3 is 2.09 bits per heavy atom. The molecule has 0 bridgehead atoms. The molecular weight excluding hydrogens is 312 g/mol. The molecule has 1 rings (SSSR count). The van der Waals surface area contributed by atoms with Gasteiger partial charge in [-0.1, -0.05) is 0 Å². The third-order valence-electron chi connectivity index (χ3n) is 3.52. The number of aliphatic hydroxyl groups excluding tert-OH is 1. The highest BCUT2D eigenvalue weighted by Gasteiger charge is 2.51. The molecule has 1 heterocycles. The molecular formula is C14H24O9. The Labute approximate surface area is 134 Å². The first-order chi connectivity index (χ1) is 10.8. The molecule has 1 saturated heterocycles. The van der Waals surface area contributed by atoms with Gasteiger partial charge in [-0.3, -0.25) is 9.59 Å². The fourth-order valence-corrected chi connectivity index (χ4v) is 2.49. The second-order valence-electron chi connectivity index (χ2n) is 5.04. The van der Waals surface area contributed by atoms with Crippen molar-refractivity contribution >= 4 is 11.9 Å². The minimum absolute atomic E-state index is 0.130. The molecule has 1 fully saturated rings.